The third-order valence-electron chi connectivity index (χ3n) is 2.60. The molecule has 1 heterocycles. The Balaban J connectivity index is 2.02. The van der Waals surface area contributed by atoms with E-state index in [9.17, 15) is 0 Å². The van der Waals surface area contributed by atoms with Crippen molar-refractivity contribution >= 4 is 33.2 Å². The lowest BCUT2D eigenvalue weighted by Gasteiger charge is -2.10. The van der Waals surface area contributed by atoms with Crippen molar-refractivity contribution in [1.82, 2.24) is 14.8 Å². The van der Waals surface area contributed by atoms with Crippen molar-refractivity contribution in [2.75, 3.05) is 5.32 Å². The minimum absolute atomic E-state index is 0.546. The Bertz CT molecular complexity index is 553. The summed E-state index contributed by atoms with van der Waals surface area (Å²) < 4.78 is 2.81. The number of hydrogen-bond acceptors (Lipinski definition) is 3. The van der Waals surface area contributed by atoms with Crippen molar-refractivity contribution in [1.29, 1.82) is 0 Å². The Kier molecular flexibility index (Phi) is 4.82. The molecule has 4 nitrogen and oxygen atoms in total. The SMILES string of the molecule is CC(C)Cn1ncnc1CNc1ccc(Cl)c(Br)c1. The summed E-state index contributed by atoms with van der Waals surface area (Å²) in [4.78, 5) is 4.28. The molecule has 1 aromatic carbocycles. The summed E-state index contributed by atoms with van der Waals surface area (Å²) in [6.45, 7) is 5.84. The van der Waals surface area contributed by atoms with Gasteiger partial charge in [0.2, 0.25) is 0 Å². The maximum absolute atomic E-state index is 5.96. The summed E-state index contributed by atoms with van der Waals surface area (Å²) in [7, 11) is 0. The highest BCUT2D eigenvalue weighted by molar-refractivity contribution is 9.10. The first-order chi connectivity index (χ1) is 9.06. The minimum atomic E-state index is 0.546. The van der Waals surface area contributed by atoms with E-state index >= 15 is 0 Å². The fraction of sp³-hybridized carbons (Fsp3) is 0.385. The topological polar surface area (TPSA) is 42.7 Å². The first-order valence-electron chi connectivity index (χ1n) is 6.12. The van der Waals surface area contributed by atoms with Crippen LogP contribution in [0.15, 0.2) is 29.0 Å². The molecule has 0 aliphatic heterocycles. The second-order valence-electron chi connectivity index (χ2n) is 4.73. The van der Waals surface area contributed by atoms with E-state index in [0.717, 1.165) is 22.5 Å². The number of benzene rings is 1. The van der Waals surface area contributed by atoms with Crippen LogP contribution in [0.25, 0.3) is 0 Å². The van der Waals surface area contributed by atoms with Gasteiger partial charge in [-0.3, -0.25) is 0 Å². The molecule has 0 bridgehead atoms. The molecule has 0 aliphatic carbocycles. The summed E-state index contributed by atoms with van der Waals surface area (Å²) in [6, 6.07) is 5.74. The van der Waals surface area contributed by atoms with Gasteiger partial charge in [-0.15, -0.1) is 0 Å². The van der Waals surface area contributed by atoms with Gasteiger partial charge in [-0.25, -0.2) is 9.67 Å². The minimum Gasteiger partial charge on any atom is -0.378 e. The van der Waals surface area contributed by atoms with Crippen LogP contribution in [-0.2, 0) is 13.1 Å². The zero-order valence-electron chi connectivity index (χ0n) is 10.9. The smallest absolute Gasteiger partial charge is 0.146 e. The zero-order valence-corrected chi connectivity index (χ0v) is 13.2. The highest BCUT2D eigenvalue weighted by Gasteiger charge is 2.06. The highest BCUT2D eigenvalue weighted by Crippen LogP contribution is 2.25. The van der Waals surface area contributed by atoms with Crippen LogP contribution < -0.4 is 5.32 Å². The van der Waals surface area contributed by atoms with E-state index in [1.54, 1.807) is 6.33 Å². The van der Waals surface area contributed by atoms with Gasteiger partial charge < -0.3 is 5.32 Å². The van der Waals surface area contributed by atoms with E-state index in [2.05, 4.69) is 45.2 Å². The average Bonchev–Trinajstić information content (AvgIpc) is 2.77. The first kappa shape index (κ1) is 14.3. The van der Waals surface area contributed by atoms with E-state index in [4.69, 9.17) is 11.6 Å². The summed E-state index contributed by atoms with van der Waals surface area (Å²) in [6.07, 6.45) is 1.59. The average molecular weight is 344 g/mol. The monoisotopic (exact) mass is 342 g/mol. The Morgan fingerprint density at radius 2 is 2.21 bits per heavy atom. The number of halogens is 2. The van der Waals surface area contributed by atoms with Gasteiger partial charge in [-0.1, -0.05) is 25.4 Å². The van der Waals surface area contributed by atoms with Gasteiger partial charge in [0.25, 0.3) is 0 Å². The molecule has 0 radical (unpaired) electrons. The van der Waals surface area contributed by atoms with Gasteiger partial charge in [-0.2, -0.15) is 5.10 Å². The molecule has 102 valence electrons. The number of rotatable bonds is 5. The predicted molar refractivity (Wildman–Crippen MR) is 81.3 cm³/mol. The Morgan fingerprint density at radius 3 is 2.89 bits per heavy atom. The van der Waals surface area contributed by atoms with Crippen molar-refractivity contribution in [3.63, 3.8) is 0 Å². The first-order valence-corrected chi connectivity index (χ1v) is 7.29. The van der Waals surface area contributed by atoms with Crippen LogP contribution in [-0.4, -0.2) is 14.8 Å². The van der Waals surface area contributed by atoms with E-state index in [-0.39, 0.29) is 0 Å². The summed E-state index contributed by atoms with van der Waals surface area (Å²) >= 11 is 9.37. The third kappa shape index (κ3) is 3.94. The van der Waals surface area contributed by atoms with E-state index in [1.807, 2.05) is 22.9 Å². The van der Waals surface area contributed by atoms with E-state index < -0.39 is 0 Å². The molecular formula is C13H16BrClN4. The van der Waals surface area contributed by atoms with Crippen molar-refractivity contribution in [2.24, 2.45) is 5.92 Å². The number of nitrogens with zero attached hydrogens (tertiary/aromatic N) is 3. The Morgan fingerprint density at radius 1 is 1.42 bits per heavy atom. The normalized spacial score (nSPS) is 11.0. The largest absolute Gasteiger partial charge is 0.378 e. The second-order valence-corrected chi connectivity index (χ2v) is 6.00. The molecule has 6 heteroatoms. The number of nitrogens with one attached hydrogen (secondary N) is 1. The Labute approximate surface area is 126 Å². The standard InChI is InChI=1S/C13H16BrClN4/c1-9(2)7-19-13(17-8-18-19)6-16-10-3-4-12(15)11(14)5-10/h3-5,8-9,16H,6-7H2,1-2H3. The molecule has 19 heavy (non-hydrogen) atoms. The third-order valence-corrected chi connectivity index (χ3v) is 3.82. The molecule has 2 aromatic rings. The summed E-state index contributed by atoms with van der Waals surface area (Å²) in [5.41, 5.74) is 0.996. The molecular weight excluding hydrogens is 328 g/mol. The second kappa shape index (κ2) is 6.39. The predicted octanol–water partition coefficient (Wildman–Crippen LogP) is 3.96. The summed E-state index contributed by atoms with van der Waals surface area (Å²) in [5, 5.41) is 8.25. The molecule has 0 atom stereocenters. The van der Waals surface area contributed by atoms with Crippen molar-refractivity contribution < 1.29 is 0 Å². The highest BCUT2D eigenvalue weighted by atomic mass is 79.9. The van der Waals surface area contributed by atoms with Gasteiger partial charge >= 0.3 is 0 Å². The van der Waals surface area contributed by atoms with Crippen LogP contribution in [0, 0.1) is 5.92 Å². The number of hydrogen-bond donors (Lipinski definition) is 1. The lowest BCUT2D eigenvalue weighted by atomic mass is 10.2. The van der Waals surface area contributed by atoms with Crippen LogP contribution >= 0.6 is 27.5 Å². The van der Waals surface area contributed by atoms with E-state index in [1.165, 1.54) is 0 Å². The van der Waals surface area contributed by atoms with Gasteiger partial charge in [0.15, 0.2) is 0 Å². The summed E-state index contributed by atoms with van der Waals surface area (Å²) in [5.74, 6) is 1.48. The van der Waals surface area contributed by atoms with Crippen LogP contribution in [0.2, 0.25) is 5.02 Å². The van der Waals surface area contributed by atoms with Gasteiger partial charge in [0.05, 0.1) is 11.6 Å². The van der Waals surface area contributed by atoms with E-state index in [0.29, 0.717) is 17.5 Å². The van der Waals surface area contributed by atoms with Crippen LogP contribution in [0.5, 0.6) is 0 Å². The molecule has 0 saturated heterocycles. The number of aromatic nitrogens is 3. The van der Waals surface area contributed by atoms with Crippen LogP contribution in [0.4, 0.5) is 5.69 Å². The fourth-order valence-electron chi connectivity index (χ4n) is 1.71. The quantitative estimate of drug-likeness (QED) is 0.893. The van der Waals surface area contributed by atoms with Crippen molar-refractivity contribution in [2.45, 2.75) is 26.9 Å². The number of anilines is 1. The van der Waals surface area contributed by atoms with Crippen LogP contribution in [0.1, 0.15) is 19.7 Å². The van der Waals surface area contributed by atoms with Gasteiger partial charge in [0, 0.05) is 16.7 Å². The van der Waals surface area contributed by atoms with Crippen molar-refractivity contribution in [3.05, 3.63) is 39.8 Å². The molecule has 2 rings (SSSR count). The van der Waals surface area contributed by atoms with Gasteiger partial charge in [0.1, 0.15) is 12.2 Å². The molecule has 0 saturated carbocycles. The van der Waals surface area contributed by atoms with Crippen molar-refractivity contribution in [3.8, 4) is 0 Å². The molecule has 0 aliphatic rings. The molecule has 1 aromatic heterocycles. The molecule has 1 N–H and O–H groups in total. The lowest BCUT2D eigenvalue weighted by Crippen LogP contribution is -2.13. The fourth-order valence-corrected chi connectivity index (χ4v) is 2.21. The maximum atomic E-state index is 5.96. The molecule has 0 amide bonds. The van der Waals surface area contributed by atoms with Gasteiger partial charge in [-0.05, 0) is 40.0 Å². The maximum Gasteiger partial charge on any atom is 0.146 e. The molecule has 0 unspecified atom stereocenters. The molecule has 0 spiro atoms. The molecule has 0 fully saturated rings. The van der Waals surface area contributed by atoms with Crippen LogP contribution in [0.3, 0.4) is 0 Å². The zero-order chi connectivity index (χ0) is 13.8. The lowest BCUT2D eigenvalue weighted by molar-refractivity contribution is 0.468. The Hall–Kier alpha value is -1.07.